The third-order valence-electron chi connectivity index (χ3n) is 3.57. The maximum absolute atomic E-state index is 11.8. The Morgan fingerprint density at radius 3 is 2.41 bits per heavy atom. The van der Waals surface area contributed by atoms with Crippen LogP contribution in [0, 0.1) is 5.92 Å². The van der Waals surface area contributed by atoms with Gasteiger partial charge in [-0.3, -0.25) is 0 Å². The summed E-state index contributed by atoms with van der Waals surface area (Å²) in [4.78, 5) is 11.8. The molecule has 1 amide bonds. The Labute approximate surface area is 141 Å². The lowest BCUT2D eigenvalue weighted by Crippen LogP contribution is -2.55. The Morgan fingerprint density at radius 2 is 1.95 bits per heavy atom. The van der Waals surface area contributed by atoms with Gasteiger partial charge in [0, 0.05) is 12.1 Å². The van der Waals surface area contributed by atoms with Crippen LogP contribution in [-0.4, -0.2) is 23.8 Å². The smallest absolute Gasteiger partial charge is 0.407 e. The van der Waals surface area contributed by atoms with Gasteiger partial charge in [0.25, 0.3) is 0 Å². The van der Waals surface area contributed by atoms with Crippen molar-refractivity contribution in [2.75, 3.05) is 6.54 Å². The number of hydrogen-bond donors (Lipinski definition) is 2. The van der Waals surface area contributed by atoms with Crippen LogP contribution in [0.25, 0.3) is 0 Å². The van der Waals surface area contributed by atoms with Crippen LogP contribution in [0.4, 0.5) is 4.79 Å². The van der Waals surface area contributed by atoms with E-state index in [0.29, 0.717) is 23.7 Å². The molecule has 0 spiro atoms. The molecule has 1 unspecified atom stereocenters. The van der Waals surface area contributed by atoms with Crippen molar-refractivity contribution < 1.29 is 13.9 Å². The summed E-state index contributed by atoms with van der Waals surface area (Å²) >= 11 is 3.29. The van der Waals surface area contributed by atoms with E-state index in [4.69, 9.17) is 9.15 Å². The molecule has 0 fully saturated rings. The molecule has 22 heavy (non-hydrogen) atoms. The van der Waals surface area contributed by atoms with E-state index in [0.717, 1.165) is 5.76 Å². The van der Waals surface area contributed by atoms with Crippen LogP contribution in [0.5, 0.6) is 0 Å². The van der Waals surface area contributed by atoms with Gasteiger partial charge in [0.15, 0.2) is 4.67 Å². The summed E-state index contributed by atoms with van der Waals surface area (Å²) in [5.74, 6) is 1.16. The van der Waals surface area contributed by atoms with Gasteiger partial charge in [-0.2, -0.15) is 0 Å². The van der Waals surface area contributed by atoms with Crippen LogP contribution >= 0.6 is 15.9 Å². The van der Waals surface area contributed by atoms with Crippen LogP contribution in [0.2, 0.25) is 0 Å². The molecular weight excluding hydrogens is 348 g/mol. The molecule has 5 nitrogen and oxygen atoms in total. The van der Waals surface area contributed by atoms with Crippen LogP contribution in [-0.2, 0) is 11.3 Å². The monoisotopic (exact) mass is 374 g/mol. The number of hydrogen-bond acceptors (Lipinski definition) is 4. The van der Waals surface area contributed by atoms with Crippen molar-refractivity contribution in [2.24, 2.45) is 5.92 Å². The number of amides is 1. The summed E-state index contributed by atoms with van der Waals surface area (Å²) in [5, 5.41) is 6.30. The lowest BCUT2D eigenvalue weighted by atomic mass is 9.88. The summed E-state index contributed by atoms with van der Waals surface area (Å²) in [6.45, 7) is 12.9. The van der Waals surface area contributed by atoms with Crippen molar-refractivity contribution in [2.45, 2.75) is 59.2 Å². The van der Waals surface area contributed by atoms with Crippen LogP contribution in [0.1, 0.15) is 47.3 Å². The Balaban J connectivity index is 2.57. The maximum Gasteiger partial charge on any atom is 0.407 e. The Morgan fingerprint density at radius 1 is 1.32 bits per heavy atom. The molecule has 2 N–H and O–H groups in total. The van der Waals surface area contributed by atoms with Gasteiger partial charge in [0.05, 0.1) is 6.54 Å². The summed E-state index contributed by atoms with van der Waals surface area (Å²) in [7, 11) is 0. The van der Waals surface area contributed by atoms with E-state index in [1.165, 1.54) is 0 Å². The SMILES string of the molecule is CC(C)C(C)(CNC(=O)OC(C)(C)C)NCc1ccc(Br)o1. The number of alkyl carbamates (subject to hydrolysis) is 1. The Hall–Kier alpha value is -1.01. The van der Waals surface area contributed by atoms with Crippen molar-refractivity contribution >= 4 is 22.0 Å². The zero-order valence-corrected chi connectivity index (χ0v) is 15.8. The van der Waals surface area contributed by atoms with Crippen molar-refractivity contribution in [3.05, 3.63) is 22.6 Å². The molecule has 0 radical (unpaired) electrons. The van der Waals surface area contributed by atoms with E-state index in [-0.39, 0.29) is 5.54 Å². The van der Waals surface area contributed by atoms with Crippen LogP contribution < -0.4 is 10.6 Å². The number of halogens is 1. The highest BCUT2D eigenvalue weighted by Crippen LogP contribution is 2.19. The fourth-order valence-corrected chi connectivity index (χ4v) is 2.12. The maximum atomic E-state index is 11.8. The van der Waals surface area contributed by atoms with Gasteiger partial charge in [-0.05, 0) is 61.7 Å². The van der Waals surface area contributed by atoms with Gasteiger partial charge in [0.1, 0.15) is 11.4 Å². The minimum Gasteiger partial charge on any atom is -0.453 e. The van der Waals surface area contributed by atoms with E-state index in [1.54, 1.807) is 0 Å². The molecule has 1 aromatic heterocycles. The van der Waals surface area contributed by atoms with Crippen molar-refractivity contribution in [3.8, 4) is 0 Å². The Bertz CT molecular complexity index is 494. The highest BCUT2D eigenvalue weighted by atomic mass is 79.9. The molecule has 0 aliphatic rings. The molecule has 6 heteroatoms. The first-order valence-electron chi connectivity index (χ1n) is 7.48. The Kier molecular flexibility index (Phi) is 6.50. The fourth-order valence-electron chi connectivity index (χ4n) is 1.78. The molecule has 0 saturated heterocycles. The second-order valence-corrected chi connectivity index (χ2v) is 7.77. The predicted molar refractivity (Wildman–Crippen MR) is 90.7 cm³/mol. The third-order valence-corrected chi connectivity index (χ3v) is 3.99. The van der Waals surface area contributed by atoms with Crippen molar-refractivity contribution in [1.82, 2.24) is 10.6 Å². The number of carbonyl (C=O) groups excluding carboxylic acids is 1. The van der Waals surface area contributed by atoms with Crippen LogP contribution in [0.15, 0.2) is 21.2 Å². The second kappa shape index (κ2) is 7.51. The molecule has 0 saturated carbocycles. The normalized spacial score (nSPS) is 14.7. The molecule has 1 aromatic rings. The summed E-state index contributed by atoms with van der Waals surface area (Å²) in [5.41, 5.74) is -0.762. The molecule has 126 valence electrons. The summed E-state index contributed by atoms with van der Waals surface area (Å²) < 4.78 is 11.5. The topological polar surface area (TPSA) is 63.5 Å². The fraction of sp³-hybridized carbons (Fsp3) is 0.688. The van der Waals surface area contributed by atoms with Crippen LogP contribution in [0.3, 0.4) is 0 Å². The van der Waals surface area contributed by atoms with Gasteiger partial charge < -0.3 is 19.8 Å². The number of furan rings is 1. The number of nitrogens with one attached hydrogen (secondary N) is 2. The predicted octanol–water partition coefficient (Wildman–Crippen LogP) is 4.07. The third kappa shape index (κ3) is 6.40. The average Bonchev–Trinajstić information content (AvgIpc) is 2.77. The van der Waals surface area contributed by atoms with Crippen molar-refractivity contribution in [3.63, 3.8) is 0 Å². The minimum absolute atomic E-state index is 0.268. The largest absolute Gasteiger partial charge is 0.453 e. The lowest BCUT2D eigenvalue weighted by Gasteiger charge is -2.35. The molecule has 0 bridgehead atoms. The zero-order chi connectivity index (χ0) is 17.0. The van der Waals surface area contributed by atoms with Gasteiger partial charge >= 0.3 is 6.09 Å². The first kappa shape index (κ1) is 19.0. The van der Waals surface area contributed by atoms with Gasteiger partial charge in [0.2, 0.25) is 0 Å². The van der Waals surface area contributed by atoms with E-state index < -0.39 is 11.7 Å². The van der Waals surface area contributed by atoms with E-state index >= 15 is 0 Å². The molecule has 1 heterocycles. The van der Waals surface area contributed by atoms with Gasteiger partial charge in [-0.15, -0.1) is 0 Å². The van der Waals surface area contributed by atoms with Gasteiger partial charge in [-0.1, -0.05) is 13.8 Å². The molecule has 1 rings (SSSR count). The number of carbonyl (C=O) groups is 1. The first-order chi connectivity index (χ1) is 10.0. The molecule has 0 aliphatic carbocycles. The van der Waals surface area contributed by atoms with Crippen molar-refractivity contribution in [1.29, 1.82) is 0 Å². The number of ether oxygens (including phenoxy) is 1. The molecular formula is C16H27BrN2O3. The quantitative estimate of drug-likeness (QED) is 0.787. The first-order valence-corrected chi connectivity index (χ1v) is 8.27. The highest BCUT2D eigenvalue weighted by Gasteiger charge is 2.29. The number of rotatable bonds is 6. The summed E-state index contributed by atoms with van der Waals surface area (Å²) in [6.07, 6.45) is -0.401. The van der Waals surface area contributed by atoms with Gasteiger partial charge in [-0.25, -0.2) is 4.79 Å². The lowest BCUT2D eigenvalue weighted by molar-refractivity contribution is 0.0502. The van der Waals surface area contributed by atoms with E-state index in [9.17, 15) is 4.79 Å². The molecule has 0 aliphatic heterocycles. The van der Waals surface area contributed by atoms with E-state index in [2.05, 4.69) is 47.3 Å². The second-order valence-electron chi connectivity index (χ2n) is 6.99. The zero-order valence-electron chi connectivity index (χ0n) is 14.2. The highest BCUT2D eigenvalue weighted by molar-refractivity contribution is 9.10. The molecule has 1 atom stereocenters. The average molecular weight is 375 g/mol. The summed E-state index contributed by atoms with van der Waals surface area (Å²) in [6, 6.07) is 3.78. The molecule has 0 aromatic carbocycles. The standard InChI is InChI=1S/C16H27BrN2O3/c1-11(2)16(6,10-18-14(20)22-15(3,4)5)19-9-12-7-8-13(17)21-12/h7-8,11,19H,9-10H2,1-6H3,(H,18,20). The minimum atomic E-state index is -0.494. The van der Waals surface area contributed by atoms with E-state index in [1.807, 2.05) is 32.9 Å².